The van der Waals surface area contributed by atoms with Crippen LogP contribution in [-0.2, 0) is 52.2 Å². The Kier molecular flexibility index (Phi) is 12.0. The standard InChI is InChI=1S/C28H50O12/c1-25(2,3)39-22(30)17(23(31)40-26(4,5)6)14-12-13-15-35-21-20-19(18(16-29)36-24(21)32-9)37-27(7,33-10)28(8,34-11)38-20/h17-21,24,29H,12-16H2,1-11H3/t18-,19-,20+,21-,24+,27+,28+/m1/s1. The molecule has 7 atom stereocenters. The van der Waals surface area contributed by atoms with Crippen LogP contribution in [0.4, 0.5) is 0 Å². The Morgan fingerprint density at radius 3 is 1.77 bits per heavy atom. The quantitative estimate of drug-likeness (QED) is 0.207. The molecule has 0 unspecified atom stereocenters. The van der Waals surface area contributed by atoms with E-state index in [-0.39, 0.29) is 19.6 Å². The lowest BCUT2D eigenvalue weighted by molar-refractivity contribution is -0.480. The molecular weight excluding hydrogens is 528 g/mol. The van der Waals surface area contributed by atoms with Crippen LogP contribution in [0.15, 0.2) is 0 Å². The van der Waals surface area contributed by atoms with Crippen LogP contribution >= 0.6 is 0 Å². The number of unbranched alkanes of at least 4 members (excludes halogenated alkanes) is 1. The third kappa shape index (κ3) is 8.57. The van der Waals surface area contributed by atoms with Gasteiger partial charge in [0, 0.05) is 27.9 Å². The van der Waals surface area contributed by atoms with E-state index in [0.717, 1.165) is 0 Å². The van der Waals surface area contributed by atoms with Crippen molar-refractivity contribution in [3.63, 3.8) is 0 Å². The minimum Gasteiger partial charge on any atom is -0.459 e. The lowest BCUT2D eigenvalue weighted by Crippen LogP contribution is -2.73. The van der Waals surface area contributed by atoms with Crippen molar-refractivity contribution in [3.8, 4) is 0 Å². The third-order valence-corrected chi connectivity index (χ3v) is 6.91. The summed E-state index contributed by atoms with van der Waals surface area (Å²) in [7, 11) is 4.44. The van der Waals surface area contributed by atoms with Crippen molar-refractivity contribution in [1.82, 2.24) is 0 Å². The molecule has 234 valence electrons. The number of fused-ring (bicyclic) bond motifs is 1. The molecule has 2 rings (SSSR count). The van der Waals surface area contributed by atoms with Gasteiger partial charge in [-0.3, -0.25) is 9.59 Å². The fourth-order valence-electron chi connectivity index (χ4n) is 4.62. The highest BCUT2D eigenvalue weighted by molar-refractivity contribution is 5.95. The number of carbonyl (C=O) groups is 2. The van der Waals surface area contributed by atoms with Crippen LogP contribution in [0.3, 0.4) is 0 Å². The van der Waals surface area contributed by atoms with Gasteiger partial charge >= 0.3 is 11.9 Å². The molecule has 0 aliphatic carbocycles. The first-order chi connectivity index (χ1) is 18.4. The van der Waals surface area contributed by atoms with Crippen LogP contribution in [0.5, 0.6) is 0 Å². The summed E-state index contributed by atoms with van der Waals surface area (Å²) < 4.78 is 52.5. The van der Waals surface area contributed by atoms with Gasteiger partial charge < -0.3 is 47.7 Å². The Bertz CT molecular complexity index is 808. The monoisotopic (exact) mass is 578 g/mol. The van der Waals surface area contributed by atoms with E-state index in [4.69, 9.17) is 42.6 Å². The van der Waals surface area contributed by atoms with E-state index in [9.17, 15) is 14.7 Å². The molecule has 2 heterocycles. The van der Waals surface area contributed by atoms with Crippen molar-refractivity contribution in [2.75, 3.05) is 34.5 Å². The Morgan fingerprint density at radius 2 is 1.35 bits per heavy atom. The maximum atomic E-state index is 12.8. The summed E-state index contributed by atoms with van der Waals surface area (Å²) in [4.78, 5) is 25.6. The molecule has 0 radical (unpaired) electrons. The number of carbonyl (C=O) groups excluding carboxylic acids is 2. The number of hydrogen-bond acceptors (Lipinski definition) is 12. The van der Waals surface area contributed by atoms with E-state index in [1.165, 1.54) is 21.3 Å². The van der Waals surface area contributed by atoms with Crippen LogP contribution in [0.25, 0.3) is 0 Å². The summed E-state index contributed by atoms with van der Waals surface area (Å²) in [6, 6.07) is 0. The van der Waals surface area contributed by atoms with Gasteiger partial charge in [0.15, 0.2) is 12.2 Å². The molecule has 2 aliphatic rings. The maximum absolute atomic E-state index is 12.8. The summed E-state index contributed by atoms with van der Waals surface area (Å²) in [6.07, 6.45) is -2.58. The molecule has 0 aromatic rings. The summed E-state index contributed by atoms with van der Waals surface area (Å²) in [5.41, 5.74) is -1.48. The molecule has 1 N–H and O–H groups in total. The van der Waals surface area contributed by atoms with E-state index in [0.29, 0.717) is 12.8 Å². The first kappa shape index (κ1) is 34.8. The number of ether oxygens (including phenoxy) is 9. The molecule has 0 saturated carbocycles. The molecule has 12 heteroatoms. The molecule has 12 nitrogen and oxygen atoms in total. The van der Waals surface area contributed by atoms with Crippen molar-refractivity contribution in [1.29, 1.82) is 0 Å². The highest BCUT2D eigenvalue weighted by Gasteiger charge is 2.62. The first-order valence-electron chi connectivity index (χ1n) is 13.8. The largest absolute Gasteiger partial charge is 0.459 e. The SMILES string of the molecule is CO[C@H]1O[C@H](CO)[C@H]2O[C@](C)(OC)[C@@](C)(OC)O[C@@H]2[C@H]1OCCCCC(C(=O)OC(C)(C)C)C(=O)OC(C)(C)C. The summed E-state index contributed by atoms with van der Waals surface area (Å²) >= 11 is 0. The molecule has 40 heavy (non-hydrogen) atoms. The van der Waals surface area contributed by atoms with Gasteiger partial charge in [0.2, 0.25) is 11.6 Å². The van der Waals surface area contributed by atoms with Crippen LogP contribution in [0.1, 0.15) is 74.7 Å². The van der Waals surface area contributed by atoms with Crippen molar-refractivity contribution >= 4 is 11.9 Å². The Morgan fingerprint density at radius 1 is 0.850 bits per heavy atom. The number of aliphatic hydroxyl groups excluding tert-OH is 1. The fraction of sp³-hybridized carbons (Fsp3) is 0.929. The second kappa shape index (κ2) is 13.7. The predicted octanol–water partition coefficient (Wildman–Crippen LogP) is 2.71. The number of hydrogen-bond donors (Lipinski definition) is 1. The molecular formula is C28H50O12. The van der Waals surface area contributed by atoms with Gasteiger partial charge in [0.25, 0.3) is 0 Å². The zero-order chi connectivity index (χ0) is 30.5. The maximum Gasteiger partial charge on any atom is 0.320 e. The number of aliphatic hydroxyl groups is 1. The predicted molar refractivity (Wildman–Crippen MR) is 142 cm³/mol. The molecule has 2 saturated heterocycles. The van der Waals surface area contributed by atoms with Crippen molar-refractivity contribution in [3.05, 3.63) is 0 Å². The second-order valence-electron chi connectivity index (χ2n) is 12.4. The van der Waals surface area contributed by atoms with Gasteiger partial charge in [-0.1, -0.05) is 0 Å². The lowest BCUT2D eigenvalue weighted by Gasteiger charge is -2.57. The van der Waals surface area contributed by atoms with E-state index in [1.54, 1.807) is 55.4 Å². The summed E-state index contributed by atoms with van der Waals surface area (Å²) in [6.45, 7) is 13.8. The number of esters is 2. The van der Waals surface area contributed by atoms with Gasteiger partial charge in [0.1, 0.15) is 35.6 Å². The Hall–Kier alpha value is -1.38. The second-order valence-corrected chi connectivity index (χ2v) is 12.4. The van der Waals surface area contributed by atoms with E-state index >= 15 is 0 Å². The molecule has 2 fully saturated rings. The van der Waals surface area contributed by atoms with Gasteiger partial charge in [0.05, 0.1) is 6.61 Å². The Labute approximate surface area is 238 Å². The first-order valence-corrected chi connectivity index (χ1v) is 13.8. The van der Waals surface area contributed by atoms with Crippen molar-refractivity contribution < 1.29 is 57.3 Å². The topological polar surface area (TPSA) is 137 Å². The van der Waals surface area contributed by atoms with Gasteiger partial charge in [-0.2, -0.15) is 0 Å². The van der Waals surface area contributed by atoms with Crippen LogP contribution in [-0.4, -0.2) is 105 Å². The van der Waals surface area contributed by atoms with E-state index in [2.05, 4.69) is 0 Å². The molecule has 0 aromatic carbocycles. The van der Waals surface area contributed by atoms with Gasteiger partial charge in [-0.05, 0) is 74.7 Å². The van der Waals surface area contributed by atoms with Crippen molar-refractivity contribution in [2.45, 2.75) is 128 Å². The lowest BCUT2D eigenvalue weighted by atomic mass is 9.94. The molecule has 2 aliphatic heterocycles. The normalized spacial score (nSPS) is 33.0. The Balaban J connectivity index is 2.10. The van der Waals surface area contributed by atoms with Gasteiger partial charge in [-0.25, -0.2) is 0 Å². The van der Waals surface area contributed by atoms with Crippen LogP contribution < -0.4 is 0 Å². The smallest absolute Gasteiger partial charge is 0.320 e. The molecule has 0 spiro atoms. The zero-order valence-electron chi connectivity index (χ0n) is 25.9. The molecule has 0 bridgehead atoms. The minimum absolute atomic E-state index is 0.230. The summed E-state index contributed by atoms with van der Waals surface area (Å²) in [5, 5.41) is 9.98. The van der Waals surface area contributed by atoms with Crippen LogP contribution in [0.2, 0.25) is 0 Å². The van der Waals surface area contributed by atoms with E-state index < -0.39 is 71.3 Å². The summed E-state index contributed by atoms with van der Waals surface area (Å²) in [5.74, 6) is -4.87. The van der Waals surface area contributed by atoms with Crippen LogP contribution in [0, 0.1) is 5.92 Å². The molecule has 0 amide bonds. The van der Waals surface area contributed by atoms with Crippen molar-refractivity contribution in [2.24, 2.45) is 5.92 Å². The highest BCUT2D eigenvalue weighted by atomic mass is 16.8. The average Bonchev–Trinajstić information content (AvgIpc) is 2.84. The molecule has 0 aromatic heterocycles. The zero-order valence-corrected chi connectivity index (χ0v) is 25.9. The highest BCUT2D eigenvalue weighted by Crippen LogP contribution is 2.44. The van der Waals surface area contributed by atoms with E-state index in [1.807, 2.05) is 0 Å². The number of rotatable bonds is 12. The minimum atomic E-state index is -1.30. The third-order valence-electron chi connectivity index (χ3n) is 6.91. The average molecular weight is 579 g/mol. The fourth-order valence-corrected chi connectivity index (χ4v) is 4.62. The number of methoxy groups -OCH3 is 3. The van der Waals surface area contributed by atoms with Gasteiger partial charge in [-0.15, -0.1) is 0 Å².